The van der Waals surface area contributed by atoms with Gasteiger partial charge in [0.2, 0.25) is 0 Å². The average molecular weight is 462 g/mol. The van der Waals surface area contributed by atoms with E-state index in [1.165, 1.54) is 11.2 Å². The summed E-state index contributed by atoms with van der Waals surface area (Å²) < 4.78 is 16.4. The number of aliphatic hydroxyl groups is 1. The van der Waals surface area contributed by atoms with Crippen LogP contribution in [0, 0.1) is 6.92 Å². The van der Waals surface area contributed by atoms with Gasteiger partial charge in [-0.25, -0.2) is 0 Å². The number of rotatable bonds is 9. The van der Waals surface area contributed by atoms with Crippen LogP contribution in [-0.2, 0) is 20.9 Å². The molecule has 34 heavy (non-hydrogen) atoms. The second-order valence-electron chi connectivity index (χ2n) is 8.16. The molecule has 1 saturated heterocycles. The van der Waals surface area contributed by atoms with Crippen molar-refractivity contribution in [2.75, 3.05) is 20.3 Å². The fourth-order valence-electron chi connectivity index (χ4n) is 4.07. The van der Waals surface area contributed by atoms with E-state index >= 15 is 0 Å². The first-order chi connectivity index (χ1) is 16.5. The number of methoxy groups -OCH3 is 1. The van der Waals surface area contributed by atoms with Gasteiger partial charge in [-0.15, -0.1) is 0 Å². The molecule has 3 aromatic rings. The number of aryl methyl sites for hydroxylation is 1. The molecule has 0 spiro atoms. The Morgan fingerprint density at radius 1 is 1.09 bits per heavy atom. The lowest BCUT2D eigenvalue weighted by Crippen LogP contribution is -2.31. The van der Waals surface area contributed by atoms with E-state index in [-0.39, 0.29) is 11.3 Å². The number of carbonyl (C=O) groups excluding carboxylic acids is 2. The van der Waals surface area contributed by atoms with Crippen molar-refractivity contribution < 1.29 is 28.6 Å². The van der Waals surface area contributed by atoms with E-state index in [1.54, 1.807) is 43.5 Å². The van der Waals surface area contributed by atoms with Gasteiger partial charge in [0.15, 0.2) is 0 Å². The van der Waals surface area contributed by atoms with Crippen LogP contribution >= 0.6 is 0 Å². The monoisotopic (exact) mass is 461 g/mol. The molecule has 1 aliphatic heterocycles. The van der Waals surface area contributed by atoms with Crippen molar-refractivity contribution in [1.29, 1.82) is 0 Å². The highest BCUT2D eigenvalue weighted by Crippen LogP contribution is 2.39. The third kappa shape index (κ3) is 4.89. The highest BCUT2D eigenvalue weighted by molar-refractivity contribution is 6.46. The van der Waals surface area contributed by atoms with Crippen LogP contribution in [-0.4, -0.2) is 42.0 Å². The van der Waals surface area contributed by atoms with Gasteiger partial charge in [0, 0.05) is 25.8 Å². The van der Waals surface area contributed by atoms with E-state index in [2.05, 4.69) is 6.07 Å². The molecule has 1 atom stereocenters. The fraction of sp³-hybridized carbons (Fsp3) is 0.259. The van der Waals surface area contributed by atoms with Crippen LogP contribution in [0.15, 0.2) is 76.9 Å². The summed E-state index contributed by atoms with van der Waals surface area (Å²) in [7, 11) is 1.58. The summed E-state index contributed by atoms with van der Waals surface area (Å²) in [6.45, 7) is 3.18. The Labute approximate surface area is 198 Å². The van der Waals surface area contributed by atoms with Gasteiger partial charge in [-0.2, -0.15) is 0 Å². The quantitative estimate of drug-likeness (QED) is 0.216. The van der Waals surface area contributed by atoms with Gasteiger partial charge in [-0.05, 0) is 55.3 Å². The van der Waals surface area contributed by atoms with Crippen LogP contribution in [0.3, 0.4) is 0 Å². The van der Waals surface area contributed by atoms with Crippen molar-refractivity contribution in [3.63, 3.8) is 0 Å². The minimum atomic E-state index is -0.802. The molecule has 0 saturated carbocycles. The summed E-state index contributed by atoms with van der Waals surface area (Å²) in [6.07, 6.45) is 2.03. The van der Waals surface area contributed by atoms with Crippen molar-refractivity contribution in [3.05, 3.63) is 95.0 Å². The molecule has 1 N–H and O–H groups in total. The van der Waals surface area contributed by atoms with Crippen LogP contribution in [0.25, 0.3) is 5.76 Å². The first-order valence-corrected chi connectivity index (χ1v) is 11.1. The van der Waals surface area contributed by atoms with E-state index < -0.39 is 17.7 Å². The molecule has 1 aromatic heterocycles. The maximum absolute atomic E-state index is 12.9. The van der Waals surface area contributed by atoms with E-state index in [4.69, 9.17) is 13.9 Å². The molecule has 0 bridgehead atoms. The normalized spacial score (nSPS) is 17.4. The van der Waals surface area contributed by atoms with Crippen LogP contribution in [0.1, 0.15) is 34.9 Å². The molecule has 2 aromatic carbocycles. The minimum Gasteiger partial charge on any atom is -0.507 e. The van der Waals surface area contributed by atoms with Gasteiger partial charge in [-0.1, -0.05) is 29.8 Å². The number of benzene rings is 2. The Balaban J connectivity index is 1.59. The molecule has 1 fully saturated rings. The summed E-state index contributed by atoms with van der Waals surface area (Å²) in [4.78, 5) is 27.1. The number of furan rings is 1. The molecule has 0 radical (unpaired) electrons. The first-order valence-electron chi connectivity index (χ1n) is 11.1. The number of Topliss-reactive ketones (excluding diaryl/α,β-unsaturated/α-hetero) is 1. The zero-order chi connectivity index (χ0) is 24.1. The molecule has 4 rings (SSSR count). The number of ketones is 1. The van der Waals surface area contributed by atoms with Gasteiger partial charge in [0.05, 0.1) is 11.8 Å². The predicted octanol–water partition coefficient (Wildman–Crippen LogP) is 4.63. The molecule has 2 heterocycles. The number of likely N-dealkylation sites (tertiary alicyclic amines) is 1. The fourth-order valence-corrected chi connectivity index (χ4v) is 4.07. The molecular weight excluding hydrogens is 434 g/mol. The largest absolute Gasteiger partial charge is 0.507 e. The molecular formula is C27H27NO6. The standard InChI is InChI=1S/C27H27NO6/c1-18-6-3-7-19(16-18)17-34-21-11-9-20(10-12-21)25(29)23-24(22-8-4-15-33-22)28(13-5-14-32-2)27(31)26(23)30/h3-4,6-12,15-16,24,29H,5,13-14,17H2,1-2H3/b25-23-. The Morgan fingerprint density at radius 3 is 2.56 bits per heavy atom. The third-order valence-corrected chi connectivity index (χ3v) is 5.72. The van der Waals surface area contributed by atoms with Crippen LogP contribution in [0.5, 0.6) is 5.75 Å². The Morgan fingerprint density at radius 2 is 1.88 bits per heavy atom. The maximum atomic E-state index is 12.9. The third-order valence-electron chi connectivity index (χ3n) is 5.72. The molecule has 1 unspecified atom stereocenters. The zero-order valence-corrected chi connectivity index (χ0v) is 19.2. The van der Waals surface area contributed by atoms with Crippen molar-refractivity contribution >= 4 is 17.4 Å². The van der Waals surface area contributed by atoms with Gasteiger partial charge in [0.25, 0.3) is 11.7 Å². The topological polar surface area (TPSA) is 89.2 Å². The van der Waals surface area contributed by atoms with Gasteiger partial charge in [-0.3, -0.25) is 9.59 Å². The summed E-state index contributed by atoms with van der Waals surface area (Å²) in [6, 6.07) is 17.4. The van der Waals surface area contributed by atoms with Gasteiger partial charge < -0.3 is 23.9 Å². The number of aliphatic hydroxyl groups excluding tert-OH is 1. The molecule has 1 aliphatic rings. The van der Waals surface area contributed by atoms with Crippen molar-refractivity contribution in [2.24, 2.45) is 0 Å². The lowest BCUT2D eigenvalue weighted by Gasteiger charge is -2.23. The van der Waals surface area contributed by atoms with Crippen molar-refractivity contribution in [2.45, 2.75) is 26.0 Å². The number of hydrogen-bond donors (Lipinski definition) is 1. The summed E-state index contributed by atoms with van der Waals surface area (Å²) in [5, 5.41) is 11.1. The summed E-state index contributed by atoms with van der Waals surface area (Å²) >= 11 is 0. The second kappa shape index (κ2) is 10.4. The van der Waals surface area contributed by atoms with Crippen LogP contribution < -0.4 is 4.74 Å². The molecule has 1 amide bonds. The van der Waals surface area contributed by atoms with E-state index in [0.29, 0.717) is 43.3 Å². The number of nitrogens with zero attached hydrogens (tertiary/aromatic N) is 1. The number of carbonyl (C=O) groups is 2. The lowest BCUT2D eigenvalue weighted by molar-refractivity contribution is -0.140. The Kier molecular flexibility index (Phi) is 7.13. The Bertz CT molecular complexity index is 1180. The molecule has 7 nitrogen and oxygen atoms in total. The second-order valence-corrected chi connectivity index (χ2v) is 8.16. The Hall–Kier alpha value is -3.84. The molecule has 0 aliphatic carbocycles. The van der Waals surface area contributed by atoms with Crippen LogP contribution in [0.2, 0.25) is 0 Å². The minimum absolute atomic E-state index is 0.00537. The molecule has 7 heteroatoms. The highest BCUT2D eigenvalue weighted by atomic mass is 16.5. The highest BCUT2D eigenvalue weighted by Gasteiger charge is 2.47. The summed E-state index contributed by atoms with van der Waals surface area (Å²) in [5.41, 5.74) is 2.63. The molecule has 176 valence electrons. The number of ether oxygens (including phenoxy) is 2. The van der Waals surface area contributed by atoms with E-state index in [9.17, 15) is 14.7 Å². The zero-order valence-electron chi connectivity index (χ0n) is 19.2. The van der Waals surface area contributed by atoms with Crippen molar-refractivity contribution in [1.82, 2.24) is 4.90 Å². The summed E-state index contributed by atoms with van der Waals surface area (Å²) in [5.74, 6) is -0.621. The van der Waals surface area contributed by atoms with E-state index in [0.717, 1.165) is 11.1 Å². The predicted molar refractivity (Wildman–Crippen MR) is 126 cm³/mol. The number of amides is 1. The SMILES string of the molecule is COCCCN1C(=O)C(=O)/C(=C(\O)c2ccc(OCc3cccc(C)c3)cc2)C1c1ccco1. The number of hydrogen-bond acceptors (Lipinski definition) is 6. The van der Waals surface area contributed by atoms with E-state index in [1.807, 2.05) is 25.1 Å². The lowest BCUT2D eigenvalue weighted by atomic mass is 9.99. The van der Waals surface area contributed by atoms with Gasteiger partial charge in [0.1, 0.15) is 29.9 Å². The average Bonchev–Trinajstić information content (AvgIpc) is 3.45. The van der Waals surface area contributed by atoms with Crippen molar-refractivity contribution in [3.8, 4) is 5.75 Å². The van der Waals surface area contributed by atoms with Gasteiger partial charge >= 0.3 is 0 Å². The van der Waals surface area contributed by atoms with Crippen LogP contribution in [0.4, 0.5) is 0 Å². The smallest absolute Gasteiger partial charge is 0.295 e. The first kappa shape index (κ1) is 23.3. The maximum Gasteiger partial charge on any atom is 0.295 e.